The summed E-state index contributed by atoms with van der Waals surface area (Å²) >= 11 is 0. The van der Waals surface area contributed by atoms with Crippen LogP contribution < -0.4 is 5.73 Å². The summed E-state index contributed by atoms with van der Waals surface area (Å²) in [7, 11) is 0. The van der Waals surface area contributed by atoms with Gasteiger partial charge in [-0.25, -0.2) is 4.39 Å². The predicted octanol–water partition coefficient (Wildman–Crippen LogP) is 1.46. The molecule has 1 atom stereocenters. The molecule has 3 N–H and O–H groups in total. The van der Waals surface area contributed by atoms with Gasteiger partial charge >= 0.3 is 0 Å². The first kappa shape index (κ1) is 8.01. The third-order valence-corrected chi connectivity index (χ3v) is 1.51. The number of aliphatic hydroxyl groups is 1. The van der Waals surface area contributed by atoms with E-state index in [4.69, 9.17) is 10.8 Å². The molecular formula is C8H10FNO. The maximum absolute atomic E-state index is 13.0. The van der Waals surface area contributed by atoms with Crippen LogP contribution in [0.1, 0.15) is 18.6 Å². The van der Waals surface area contributed by atoms with Gasteiger partial charge in [0.25, 0.3) is 0 Å². The van der Waals surface area contributed by atoms with E-state index in [-0.39, 0.29) is 11.3 Å². The molecule has 0 spiro atoms. The van der Waals surface area contributed by atoms with Gasteiger partial charge < -0.3 is 10.8 Å². The van der Waals surface area contributed by atoms with Crippen molar-refractivity contribution in [3.05, 3.63) is 29.6 Å². The fraction of sp³-hybridized carbons (Fsp3) is 0.250. The van der Waals surface area contributed by atoms with E-state index in [0.717, 1.165) is 0 Å². The number of rotatable bonds is 1. The van der Waals surface area contributed by atoms with Crippen LogP contribution in [-0.4, -0.2) is 5.11 Å². The molecule has 0 aliphatic rings. The van der Waals surface area contributed by atoms with E-state index in [1.807, 2.05) is 0 Å². The molecule has 0 bridgehead atoms. The van der Waals surface area contributed by atoms with Gasteiger partial charge in [-0.1, -0.05) is 12.1 Å². The molecule has 60 valence electrons. The van der Waals surface area contributed by atoms with Crippen LogP contribution in [0.15, 0.2) is 18.2 Å². The van der Waals surface area contributed by atoms with Crippen LogP contribution >= 0.6 is 0 Å². The zero-order chi connectivity index (χ0) is 8.43. The van der Waals surface area contributed by atoms with Gasteiger partial charge in [0, 0.05) is 5.56 Å². The van der Waals surface area contributed by atoms with Gasteiger partial charge in [0.2, 0.25) is 0 Å². The quantitative estimate of drug-likeness (QED) is 0.603. The molecule has 2 nitrogen and oxygen atoms in total. The first-order valence-corrected chi connectivity index (χ1v) is 3.35. The third kappa shape index (κ3) is 1.49. The van der Waals surface area contributed by atoms with Crippen molar-refractivity contribution in [2.45, 2.75) is 13.0 Å². The van der Waals surface area contributed by atoms with E-state index in [1.54, 1.807) is 6.07 Å². The van der Waals surface area contributed by atoms with Crippen LogP contribution in [0.2, 0.25) is 0 Å². The zero-order valence-electron chi connectivity index (χ0n) is 6.21. The molecular weight excluding hydrogens is 145 g/mol. The van der Waals surface area contributed by atoms with E-state index >= 15 is 0 Å². The number of nitrogens with two attached hydrogens (primary N) is 1. The molecule has 0 aromatic heterocycles. The Morgan fingerprint density at radius 1 is 1.55 bits per heavy atom. The van der Waals surface area contributed by atoms with Gasteiger partial charge in [0.05, 0.1) is 11.8 Å². The monoisotopic (exact) mass is 155 g/mol. The van der Waals surface area contributed by atoms with Crippen molar-refractivity contribution >= 4 is 5.69 Å². The van der Waals surface area contributed by atoms with E-state index < -0.39 is 11.9 Å². The minimum atomic E-state index is -0.807. The normalized spacial score (nSPS) is 13.0. The molecule has 3 heteroatoms. The Bertz CT molecular complexity index is 260. The number of aliphatic hydroxyl groups excluding tert-OH is 1. The molecule has 0 aliphatic heterocycles. The molecule has 0 unspecified atom stereocenters. The lowest BCUT2D eigenvalue weighted by atomic mass is 10.1. The van der Waals surface area contributed by atoms with Crippen molar-refractivity contribution in [3.63, 3.8) is 0 Å². The summed E-state index contributed by atoms with van der Waals surface area (Å²) in [5.74, 6) is -0.525. The smallest absolute Gasteiger partial charge is 0.151 e. The number of hydrogen-bond donors (Lipinski definition) is 2. The molecule has 0 saturated carbocycles. The summed E-state index contributed by atoms with van der Waals surface area (Å²) in [6.07, 6.45) is -0.807. The SMILES string of the molecule is C[C@@H](O)c1cccc(N)c1F. The first-order chi connectivity index (χ1) is 5.13. The van der Waals surface area contributed by atoms with Crippen molar-refractivity contribution in [1.29, 1.82) is 0 Å². The van der Waals surface area contributed by atoms with Gasteiger partial charge in [-0.05, 0) is 13.0 Å². The van der Waals surface area contributed by atoms with Crippen LogP contribution in [0.25, 0.3) is 0 Å². The van der Waals surface area contributed by atoms with Crippen LogP contribution in [-0.2, 0) is 0 Å². The van der Waals surface area contributed by atoms with E-state index in [9.17, 15) is 4.39 Å². The highest BCUT2D eigenvalue weighted by atomic mass is 19.1. The first-order valence-electron chi connectivity index (χ1n) is 3.35. The highest BCUT2D eigenvalue weighted by Crippen LogP contribution is 2.20. The number of hydrogen-bond acceptors (Lipinski definition) is 2. The average molecular weight is 155 g/mol. The summed E-state index contributed by atoms with van der Waals surface area (Å²) in [6.45, 7) is 1.50. The lowest BCUT2D eigenvalue weighted by Crippen LogP contribution is -1.99. The average Bonchev–Trinajstić information content (AvgIpc) is 1.94. The largest absolute Gasteiger partial charge is 0.396 e. The second-order valence-corrected chi connectivity index (χ2v) is 2.43. The molecule has 1 aromatic carbocycles. The molecule has 11 heavy (non-hydrogen) atoms. The Balaban J connectivity index is 3.17. The Morgan fingerprint density at radius 2 is 2.18 bits per heavy atom. The highest BCUT2D eigenvalue weighted by molar-refractivity contribution is 5.43. The van der Waals surface area contributed by atoms with E-state index in [2.05, 4.69) is 0 Å². The maximum atomic E-state index is 13.0. The van der Waals surface area contributed by atoms with Crippen LogP contribution in [0.4, 0.5) is 10.1 Å². The molecule has 0 fully saturated rings. The summed E-state index contributed by atoms with van der Waals surface area (Å²) in [5.41, 5.74) is 5.59. The van der Waals surface area contributed by atoms with E-state index in [0.29, 0.717) is 0 Å². The predicted molar refractivity (Wildman–Crippen MR) is 41.4 cm³/mol. The molecule has 1 aromatic rings. The molecule has 0 radical (unpaired) electrons. The summed E-state index contributed by atoms with van der Waals surface area (Å²) < 4.78 is 13.0. The Kier molecular flexibility index (Phi) is 2.10. The van der Waals surface area contributed by atoms with Crippen molar-refractivity contribution in [3.8, 4) is 0 Å². The lowest BCUT2D eigenvalue weighted by molar-refractivity contribution is 0.194. The number of halogens is 1. The van der Waals surface area contributed by atoms with Crippen molar-refractivity contribution < 1.29 is 9.50 Å². The molecule has 0 saturated heterocycles. The van der Waals surface area contributed by atoms with E-state index in [1.165, 1.54) is 19.1 Å². The summed E-state index contributed by atoms with van der Waals surface area (Å²) in [6, 6.07) is 4.58. The lowest BCUT2D eigenvalue weighted by Gasteiger charge is -2.06. The summed E-state index contributed by atoms with van der Waals surface area (Å²) in [5, 5.41) is 9.03. The molecule has 0 aliphatic carbocycles. The number of anilines is 1. The molecule has 0 amide bonds. The standard InChI is InChI=1S/C8H10FNO/c1-5(11)6-3-2-4-7(10)8(6)9/h2-5,11H,10H2,1H3/t5-/m1/s1. The van der Waals surface area contributed by atoms with Crippen LogP contribution in [0, 0.1) is 5.82 Å². The van der Waals surface area contributed by atoms with Gasteiger partial charge in [0.15, 0.2) is 5.82 Å². The fourth-order valence-electron chi connectivity index (χ4n) is 0.891. The minimum absolute atomic E-state index is 0.0726. The van der Waals surface area contributed by atoms with Crippen molar-refractivity contribution in [1.82, 2.24) is 0 Å². The van der Waals surface area contributed by atoms with Crippen LogP contribution in [0.5, 0.6) is 0 Å². The number of nitrogen functional groups attached to an aromatic ring is 1. The minimum Gasteiger partial charge on any atom is -0.396 e. The van der Waals surface area contributed by atoms with Gasteiger partial charge in [-0.3, -0.25) is 0 Å². The second-order valence-electron chi connectivity index (χ2n) is 2.43. The van der Waals surface area contributed by atoms with Crippen molar-refractivity contribution in [2.24, 2.45) is 0 Å². The van der Waals surface area contributed by atoms with Gasteiger partial charge in [-0.2, -0.15) is 0 Å². The Hall–Kier alpha value is -1.09. The zero-order valence-corrected chi connectivity index (χ0v) is 6.21. The number of benzene rings is 1. The summed E-state index contributed by atoms with van der Waals surface area (Å²) in [4.78, 5) is 0. The van der Waals surface area contributed by atoms with Gasteiger partial charge in [0.1, 0.15) is 0 Å². The van der Waals surface area contributed by atoms with Gasteiger partial charge in [-0.15, -0.1) is 0 Å². The topological polar surface area (TPSA) is 46.2 Å². The van der Waals surface area contributed by atoms with Crippen LogP contribution in [0.3, 0.4) is 0 Å². The second kappa shape index (κ2) is 2.88. The molecule has 0 heterocycles. The Morgan fingerprint density at radius 3 is 2.64 bits per heavy atom. The Labute approximate surface area is 64.5 Å². The molecule has 1 rings (SSSR count). The fourth-order valence-corrected chi connectivity index (χ4v) is 0.891. The van der Waals surface area contributed by atoms with Crippen molar-refractivity contribution in [2.75, 3.05) is 5.73 Å². The highest BCUT2D eigenvalue weighted by Gasteiger charge is 2.08. The maximum Gasteiger partial charge on any atom is 0.151 e. The third-order valence-electron chi connectivity index (χ3n) is 1.51.